The summed E-state index contributed by atoms with van der Waals surface area (Å²) in [6.45, 7) is 6.37. The molecule has 0 bridgehead atoms. The summed E-state index contributed by atoms with van der Waals surface area (Å²) in [4.78, 5) is 39.8. The van der Waals surface area contributed by atoms with Crippen LogP contribution in [0, 0.1) is 11.8 Å². The Morgan fingerprint density at radius 3 is 0.833 bits per heavy atom. The maximum atomic E-state index is 9.95. The number of hydrogen-bond acceptors (Lipinski definition) is 8. The van der Waals surface area contributed by atoms with E-state index in [-0.39, 0.29) is 88.3 Å². The molecule has 0 aromatic carbocycles. The largest absolute Gasteiger partial charge is 1.00 e. The van der Waals surface area contributed by atoms with E-state index in [2.05, 4.69) is 13.2 Å². The van der Waals surface area contributed by atoms with E-state index in [0.717, 1.165) is 0 Å². The summed E-state index contributed by atoms with van der Waals surface area (Å²) in [5.41, 5.74) is 0. The van der Waals surface area contributed by atoms with Crippen molar-refractivity contribution in [2.45, 2.75) is 12.8 Å². The SMILES string of the molecule is C=CCC(C(=O)[O-])C(=O)[O-].C=CCC(C(=O)[O-])C(=O)[O-].[Li+].[Li+].[Li+].[Li+]. The van der Waals surface area contributed by atoms with Gasteiger partial charge >= 0.3 is 75.4 Å². The van der Waals surface area contributed by atoms with Crippen LogP contribution in [0.4, 0.5) is 0 Å². The van der Waals surface area contributed by atoms with E-state index in [1.165, 1.54) is 12.2 Å². The van der Waals surface area contributed by atoms with Crippen molar-refractivity contribution in [3.63, 3.8) is 0 Å². The molecule has 12 heteroatoms. The van der Waals surface area contributed by atoms with E-state index in [4.69, 9.17) is 0 Å². The van der Waals surface area contributed by atoms with Gasteiger partial charge in [-0.3, -0.25) is 0 Å². The molecule has 0 aliphatic carbocycles. The maximum Gasteiger partial charge on any atom is 1.00 e. The van der Waals surface area contributed by atoms with E-state index in [0.29, 0.717) is 0 Å². The molecule has 0 atom stereocenters. The zero-order valence-electron chi connectivity index (χ0n) is 14.4. The number of carboxylic acids is 4. The van der Waals surface area contributed by atoms with Crippen molar-refractivity contribution in [2.24, 2.45) is 11.8 Å². The Morgan fingerprint density at radius 2 is 0.792 bits per heavy atom. The van der Waals surface area contributed by atoms with Gasteiger partial charge in [-0.15, -0.1) is 13.2 Å². The molecule has 0 fully saturated rings. The smallest absolute Gasteiger partial charge is 0.549 e. The number of hydrogen-bond donors (Lipinski definition) is 0. The Balaban J connectivity index is -0.0000000579. The van der Waals surface area contributed by atoms with Gasteiger partial charge in [-0.1, -0.05) is 12.2 Å². The predicted octanol–water partition coefficient (Wildman–Crippen LogP) is -16.6. The molecule has 24 heavy (non-hydrogen) atoms. The Bertz CT molecular complexity index is 348. The zero-order valence-corrected chi connectivity index (χ0v) is 14.4. The quantitative estimate of drug-likeness (QED) is 0.242. The van der Waals surface area contributed by atoms with Crippen LogP contribution in [-0.4, -0.2) is 23.9 Å². The van der Waals surface area contributed by atoms with Crippen LogP contribution in [0.5, 0.6) is 0 Å². The third-order valence-corrected chi connectivity index (χ3v) is 1.94. The average Bonchev–Trinajstić information content (AvgIpc) is 2.32. The van der Waals surface area contributed by atoms with Gasteiger partial charge in [0.05, 0.1) is 23.9 Å². The zero-order chi connectivity index (χ0) is 16.3. The molecule has 0 rings (SSSR count). The second-order valence-electron chi connectivity index (χ2n) is 3.43. The third kappa shape index (κ3) is 19.8. The minimum atomic E-state index is -1.64. The molecule has 0 unspecified atom stereocenters. The van der Waals surface area contributed by atoms with Crippen LogP contribution >= 0.6 is 0 Å². The fourth-order valence-corrected chi connectivity index (χ4v) is 0.911. The van der Waals surface area contributed by atoms with Crippen LogP contribution in [0.2, 0.25) is 0 Å². The Morgan fingerprint density at radius 1 is 0.625 bits per heavy atom. The molecular formula is C12H12Li4O8. The van der Waals surface area contributed by atoms with Crippen molar-refractivity contribution in [1.29, 1.82) is 0 Å². The maximum absolute atomic E-state index is 9.95. The molecule has 0 radical (unpaired) electrons. The first-order valence-corrected chi connectivity index (χ1v) is 5.24. The topological polar surface area (TPSA) is 161 Å². The van der Waals surface area contributed by atoms with Gasteiger partial charge in [0.15, 0.2) is 0 Å². The van der Waals surface area contributed by atoms with Gasteiger partial charge in [-0.2, -0.15) is 0 Å². The van der Waals surface area contributed by atoms with E-state index in [1.54, 1.807) is 0 Å². The summed E-state index contributed by atoms with van der Waals surface area (Å²) in [6, 6.07) is 0. The summed E-state index contributed by atoms with van der Waals surface area (Å²) in [5, 5.41) is 39.8. The molecule has 0 saturated heterocycles. The Kier molecular flexibility index (Phi) is 37.0. The number of carbonyl (C=O) groups excluding carboxylic acids is 4. The molecule has 0 aromatic rings. The second kappa shape index (κ2) is 22.7. The predicted molar refractivity (Wildman–Crippen MR) is 56.6 cm³/mol. The number of carbonyl (C=O) groups is 4. The summed E-state index contributed by atoms with van der Waals surface area (Å²) < 4.78 is 0. The summed E-state index contributed by atoms with van der Waals surface area (Å²) >= 11 is 0. The molecule has 0 N–H and O–H groups in total. The molecule has 0 saturated carbocycles. The summed E-state index contributed by atoms with van der Waals surface area (Å²) in [6.07, 6.45) is 2.06. The first-order chi connectivity index (χ1) is 9.18. The fraction of sp³-hybridized carbons (Fsp3) is 0.333. The molecule has 8 nitrogen and oxygen atoms in total. The molecule has 0 aliphatic heterocycles. The molecule has 112 valence electrons. The molecule has 0 amide bonds. The summed E-state index contributed by atoms with van der Waals surface area (Å²) in [5.74, 6) is -9.70. The van der Waals surface area contributed by atoms with Crippen molar-refractivity contribution in [1.82, 2.24) is 0 Å². The minimum absolute atomic E-state index is 0. The molecule has 0 spiro atoms. The molecule has 0 heterocycles. The summed E-state index contributed by atoms with van der Waals surface area (Å²) in [7, 11) is 0. The standard InChI is InChI=1S/2C6H8O4.4Li/c2*1-2-3-4(5(7)8)6(9)10;;;;/h2*2,4H,1,3H2,(H,7,8)(H,9,10);;;;/q;;4*+1/p-4. The third-order valence-electron chi connectivity index (χ3n) is 1.94. The number of rotatable bonds is 8. The van der Waals surface area contributed by atoms with Gasteiger partial charge in [-0.25, -0.2) is 0 Å². The molecular weight excluding hydrogens is 300 g/mol. The van der Waals surface area contributed by atoms with Gasteiger partial charge in [0.25, 0.3) is 0 Å². The van der Waals surface area contributed by atoms with Gasteiger partial charge in [0.1, 0.15) is 0 Å². The number of carboxylic acid groups (broad SMARTS) is 4. The van der Waals surface area contributed by atoms with E-state index in [9.17, 15) is 39.6 Å². The van der Waals surface area contributed by atoms with Gasteiger partial charge < -0.3 is 39.6 Å². The van der Waals surface area contributed by atoms with Gasteiger partial charge in [-0.05, 0) is 12.8 Å². The molecule has 0 aliphatic rings. The average molecular weight is 312 g/mol. The van der Waals surface area contributed by atoms with Crippen LogP contribution in [0.25, 0.3) is 0 Å². The van der Waals surface area contributed by atoms with Crippen molar-refractivity contribution >= 4 is 23.9 Å². The van der Waals surface area contributed by atoms with E-state index in [1.807, 2.05) is 0 Å². The van der Waals surface area contributed by atoms with Crippen molar-refractivity contribution in [3.8, 4) is 0 Å². The fourth-order valence-electron chi connectivity index (χ4n) is 0.911. The van der Waals surface area contributed by atoms with Crippen LogP contribution in [-0.2, 0) is 19.2 Å². The first-order valence-electron chi connectivity index (χ1n) is 5.24. The van der Waals surface area contributed by atoms with Crippen LogP contribution in [0.3, 0.4) is 0 Å². The van der Waals surface area contributed by atoms with Crippen molar-refractivity contribution in [2.75, 3.05) is 0 Å². The second-order valence-corrected chi connectivity index (χ2v) is 3.43. The van der Waals surface area contributed by atoms with Crippen molar-refractivity contribution in [3.05, 3.63) is 25.3 Å². The van der Waals surface area contributed by atoms with Gasteiger partial charge in [0.2, 0.25) is 0 Å². The van der Waals surface area contributed by atoms with Crippen LogP contribution < -0.4 is 95.9 Å². The number of aliphatic carboxylic acids is 4. The first kappa shape index (κ1) is 39.0. The van der Waals surface area contributed by atoms with E-state index < -0.39 is 35.7 Å². The number of allylic oxidation sites excluding steroid dienone is 2. The van der Waals surface area contributed by atoms with Crippen molar-refractivity contribution < 1.29 is 115 Å². The monoisotopic (exact) mass is 312 g/mol. The van der Waals surface area contributed by atoms with Gasteiger partial charge in [0, 0.05) is 11.8 Å². The Hall–Kier alpha value is -0.250. The minimum Gasteiger partial charge on any atom is -0.549 e. The normalized spacial score (nSPS) is 7.75. The Labute approximate surface area is 187 Å². The van der Waals surface area contributed by atoms with Crippen LogP contribution in [0.1, 0.15) is 12.8 Å². The van der Waals surface area contributed by atoms with Crippen LogP contribution in [0.15, 0.2) is 25.3 Å². The molecule has 0 aromatic heterocycles. The van der Waals surface area contributed by atoms with E-state index >= 15 is 0 Å².